The van der Waals surface area contributed by atoms with Crippen molar-refractivity contribution in [2.24, 2.45) is 11.7 Å². The maximum atomic E-state index is 10.8. The molecule has 1 atom stereocenters. The number of nitrogens with one attached hydrogen (secondary N) is 1. The topological polar surface area (TPSA) is 64.3 Å². The second kappa shape index (κ2) is 3.69. The van der Waals surface area contributed by atoms with E-state index in [1.165, 1.54) is 7.11 Å². The van der Waals surface area contributed by atoms with Gasteiger partial charge in [0.15, 0.2) is 0 Å². The van der Waals surface area contributed by atoms with Crippen molar-refractivity contribution in [2.75, 3.05) is 20.2 Å². The standard InChI is InChI=1S/C7H14N2O2/c1-11-7(10)6(8)2-5-3-9-4-5/h5-6,9H,2-4,8H2,1H3. The van der Waals surface area contributed by atoms with Gasteiger partial charge in [-0.3, -0.25) is 4.79 Å². The molecule has 0 aliphatic carbocycles. The first-order valence-corrected chi connectivity index (χ1v) is 3.78. The number of hydrogen-bond donors (Lipinski definition) is 2. The van der Waals surface area contributed by atoms with Crippen molar-refractivity contribution in [3.63, 3.8) is 0 Å². The van der Waals surface area contributed by atoms with Gasteiger partial charge in [0.2, 0.25) is 0 Å². The fourth-order valence-corrected chi connectivity index (χ4v) is 1.12. The van der Waals surface area contributed by atoms with Gasteiger partial charge in [0, 0.05) is 0 Å². The van der Waals surface area contributed by atoms with Crippen LogP contribution in [0, 0.1) is 5.92 Å². The molecule has 0 saturated carbocycles. The third-order valence-electron chi connectivity index (χ3n) is 1.96. The van der Waals surface area contributed by atoms with Crippen LogP contribution in [0.15, 0.2) is 0 Å². The third kappa shape index (κ3) is 2.17. The molecule has 1 fully saturated rings. The van der Waals surface area contributed by atoms with E-state index in [0.717, 1.165) is 19.5 Å². The highest BCUT2D eigenvalue weighted by Gasteiger charge is 2.23. The van der Waals surface area contributed by atoms with Crippen LogP contribution in [0.2, 0.25) is 0 Å². The zero-order valence-electron chi connectivity index (χ0n) is 6.67. The third-order valence-corrected chi connectivity index (χ3v) is 1.96. The lowest BCUT2D eigenvalue weighted by atomic mass is 9.95. The van der Waals surface area contributed by atoms with Crippen LogP contribution in [-0.4, -0.2) is 32.2 Å². The highest BCUT2D eigenvalue weighted by Crippen LogP contribution is 2.10. The van der Waals surface area contributed by atoms with Gasteiger partial charge in [-0.15, -0.1) is 0 Å². The first-order valence-electron chi connectivity index (χ1n) is 3.78. The Morgan fingerprint density at radius 3 is 2.82 bits per heavy atom. The molecule has 1 aliphatic heterocycles. The molecule has 0 amide bonds. The predicted molar refractivity (Wildman–Crippen MR) is 41.0 cm³/mol. The minimum atomic E-state index is -0.438. The SMILES string of the molecule is COC(=O)C(N)CC1CNC1. The molecule has 0 aromatic carbocycles. The molecule has 1 unspecified atom stereocenters. The molecule has 11 heavy (non-hydrogen) atoms. The van der Waals surface area contributed by atoms with Crippen molar-refractivity contribution in [1.29, 1.82) is 0 Å². The Kier molecular flexibility index (Phi) is 2.84. The van der Waals surface area contributed by atoms with E-state index in [1.807, 2.05) is 0 Å². The maximum absolute atomic E-state index is 10.8. The monoisotopic (exact) mass is 158 g/mol. The number of carbonyl (C=O) groups excluding carboxylic acids is 1. The number of nitrogens with two attached hydrogens (primary N) is 1. The van der Waals surface area contributed by atoms with E-state index in [1.54, 1.807) is 0 Å². The molecule has 64 valence electrons. The van der Waals surface area contributed by atoms with E-state index >= 15 is 0 Å². The molecule has 4 heteroatoms. The van der Waals surface area contributed by atoms with Crippen molar-refractivity contribution in [2.45, 2.75) is 12.5 Å². The van der Waals surface area contributed by atoms with Crippen LogP contribution in [0.5, 0.6) is 0 Å². The highest BCUT2D eigenvalue weighted by atomic mass is 16.5. The fourth-order valence-electron chi connectivity index (χ4n) is 1.12. The van der Waals surface area contributed by atoms with Gasteiger partial charge in [-0.1, -0.05) is 0 Å². The average molecular weight is 158 g/mol. The van der Waals surface area contributed by atoms with E-state index in [-0.39, 0.29) is 5.97 Å². The number of ether oxygens (including phenoxy) is 1. The molecular formula is C7H14N2O2. The van der Waals surface area contributed by atoms with Crippen molar-refractivity contribution in [1.82, 2.24) is 5.32 Å². The van der Waals surface area contributed by atoms with Gasteiger partial charge in [-0.05, 0) is 25.4 Å². The molecule has 4 nitrogen and oxygen atoms in total. The lowest BCUT2D eigenvalue weighted by molar-refractivity contribution is -0.142. The van der Waals surface area contributed by atoms with Crippen LogP contribution in [-0.2, 0) is 9.53 Å². The summed E-state index contributed by atoms with van der Waals surface area (Å²) in [4.78, 5) is 10.8. The number of carbonyl (C=O) groups is 1. The van der Waals surface area contributed by atoms with Gasteiger partial charge in [-0.2, -0.15) is 0 Å². The second-order valence-electron chi connectivity index (χ2n) is 2.89. The summed E-state index contributed by atoms with van der Waals surface area (Å²) in [6, 6.07) is -0.438. The second-order valence-corrected chi connectivity index (χ2v) is 2.89. The molecule has 0 spiro atoms. The van der Waals surface area contributed by atoms with Crippen LogP contribution >= 0.6 is 0 Å². The summed E-state index contributed by atoms with van der Waals surface area (Å²) >= 11 is 0. The number of esters is 1. The summed E-state index contributed by atoms with van der Waals surface area (Å²) in [6.45, 7) is 1.95. The first-order chi connectivity index (χ1) is 5.24. The lowest BCUT2D eigenvalue weighted by Gasteiger charge is -2.28. The van der Waals surface area contributed by atoms with Gasteiger partial charge < -0.3 is 15.8 Å². The van der Waals surface area contributed by atoms with Crippen molar-refractivity contribution < 1.29 is 9.53 Å². The smallest absolute Gasteiger partial charge is 0.322 e. The molecule has 0 bridgehead atoms. The normalized spacial score (nSPS) is 20.5. The minimum Gasteiger partial charge on any atom is -0.468 e. The van der Waals surface area contributed by atoms with Gasteiger partial charge in [0.1, 0.15) is 6.04 Å². The molecule has 1 aliphatic rings. The van der Waals surface area contributed by atoms with E-state index in [2.05, 4.69) is 10.1 Å². The summed E-state index contributed by atoms with van der Waals surface area (Å²) in [5.41, 5.74) is 5.54. The lowest BCUT2D eigenvalue weighted by Crippen LogP contribution is -2.46. The van der Waals surface area contributed by atoms with E-state index < -0.39 is 6.04 Å². The Bertz CT molecular complexity index is 145. The zero-order chi connectivity index (χ0) is 8.27. The number of methoxy groups -OCH3 is 1. The Labute approximate surface area is 66.1 Å². The summed E-state index contributed by atoms with van der Waals surface area (Å²) in [5.74, 6) is 0.251. The van der Waals surface area contributed by atoms with Gasteiger partial charge in [0.25, 0.3) is 0 Å². The van der Waals surface area contributed by atoms with Gasteiger partial charge in [0.05, 0.1) is 7.11 Å². The Morgan fingerprint density at radius 1 is 1.82 bits per heavy atom. The summed E-state index contributed by atoms with van der Waals surface area (Å²) < 4.78 is 4.50. The average Bonchev–Trinajstić information content (AvgIpc) is 1.94. The molecule has 0 aromatic heterocycles. The van der Waals surface area contributed by atoms with Gasteiger partial charge in [-0.25, -0.2) is 0 Å². The molecule has 0 radical (unpaired) electrons. The van der Waals surface area contributed by atoms with Crippen molar-refractivity contribution in [3.8, 4) is 0 Å². The molecule has 1 heterocycles. The fraction of sp³-hybridized carbons (Fsp3) is 0.857. The molecule has 3 N–H and O–H groups in total. The molecular weight excluding hydrogens is 144 g/mol. The number of hydrogen-bond acceptors (Lipinski definition) is 4. The zero-order valence-corrected chi connectivity index (χ0v) is 6.67. The largest absolute Gasteiger partial charge is 0.468 e. The summed E-state index contributed by atoms with van der Waals surface area (Å²) in [5, 5.41) is 3.12. The quantitative estimate of drug-likeness (QED) is 0.522. The van der Waals surface area contributed by atoms with Crippen LogP contribution in [0.25, 0.3) is 0 Å². The van der Waals surface area contributed by atoms with E-state index in [9.17, 15) is 4.79 Å². The maximum Gasteiger partial charge on any atom is 0.322 e. The highest BCUT2D eigenvalue weighted by molar-refractivity contribution is 5.75. The van der Waals surface area contributed by atoms with E-state index in [4.69, 9.17) is 5.73 Å². The minimum absolute atomic E-state index is 0.308. The Balaban J connectivity index is 2.18. The van der Waals surface area contributed by atoms with Crippen LogP contribution < -0.4 is 11.1 Å². The Hall–Kier alpha value is -0.610. The molecule has 1 saturated heterocycles. The number of rotatable bonds is 3. The first kappa shape index (κ1) is 8.49. The predicted octanol–water partition coefficient (Wildman–Crippen LogP) is -0.904. The van der Waals surface area contributed by atoms with Crippen molar-refractivity contribution >= 4 is 5.97 Å². The van der Waals surface area contributed by atoms with Gasteiger partial charge >= 0.3 is 5.97 Å². The molecule has 0 aromatic rings. The van der Waals surface area contributed by atoms with Crippen LogP contribution in [0.3, 0.4) is 0 Å². The molecule has 1 rings (SSSR count). The van der Waals surface area contributed by atoms with Crippen molar-refractivity contribution in [3.05, 3.63) is 0 Å². The summed E-state index contributed by atoms with van der Waals surface area (Å²) in [7, 11) is 1.36. The van der Waals surface area contributed by atoms with Crippen LogP contribution in [0.1, 0.15) is 6.42 Å². The van der Waals surface area contributed by atoms with Crippen LogP contribution in [0.4, 0.5) is 0 Å². The van der Waals surface area contributed by atoms with E-state index in [0.29, 0.717) is 5.92 Å². The Morgan fingerprint density at radius 2 is 2.45 bits per heavy atom. The summed E-state index contributed by atoms with van der Waals surface area (Å²) in [6.07, 6.45) is 0.736.